The predicted molar refractivity (Wildman–Crippen MR) is 99.3 cm³/mol. The Balaban J connectivity index is 1.73. The molecule has 0 radical (unpaired) electrons. The van der Waals surface area contributed by atoms with Gasteiger partial charge in [0.2, 0.25) is 5.82 Å². The fraction of sp³-hybridized carbons (Fsp3) is 0.158. The lowest BCUT2D eigenvalue weighted by molar-refractivity contribution is 0.545. The van der Waals surface area contributed by atoms with Crippen LogP contribution in [0.15, 0.2) is 51.7 Å². The first-order valence-corrected chi connectivity index (χ1v) is 8.45. The van der Waals surface area contributed by atoms with Gasteiger partial charge in [0.15, 0.2) is 0 Å². The topological polar surface area (TPSA) is 73.8 Å². The number of benzene rings is 2. The summed E-state index contributed by atoms with van der Waals surface area (Å²) in [5, 5.41) is 14.0. The largest absolute Gasteiger partial charge is 0.423 e. The molecule has 0 atom stereocenters. The molecule has 7 heteroatoms. The fourth-order valence-corrected chi connectivity index (χ4v) is 2.92. The standard InChI is InChI=1S/C19H15ClN4O2/c1-11-3-5-13(6-4-11)19-21-23-24(22-19)10-14-8-18(25)26-17-7-12(2)16(20)9-15(14)17/h3-9H,10H2,1-2H3. The van der Waals surface area contributed by atoms with Crippen molar-refractivity contribution < 1.29 is 4.42 Å². The number of nitrogens with zero attached hydrogens (tertiary/aromatic N) is 4. The average Bonchev–Trinajstić information content (AvgIpc) is 3.06. The van der Waals surface area contributed by atoms with Gasteiger partial charge in [-0.25, -0.2) is 4.79 Å². The van der Waals surface area contributed by atoms with Gasteiger partial charge in [0.05, 0.1) is 6.54 Å². The van der Waals surface area contributed by atoms with E-state index in [1.165, 1.54) is 10.9 Å². The summed E-state index contributed by atoms with van der Waals surface area (Å²) in [5.41, 5.74) is 3.70. The summed E-state index contributed by atoms with van der Waals surface area (Å²) in [6.07, 6.45) is 0. The molecule has 26 heavy (non-hydrogen) atoms. The molecule has 0 N–H and O–H groups in total. The van der Waals surface area contributed by atoms with Crippen LogP contribution in [-0.2, 0) is 6.54 Å². The van der Waals surface area contributed by atoms with Crippen molar-refractivity contribution in [2.45, 2.75) is 20.4 Å². The lowest BCUT2D eigenvalue weighted by Crippen LogP contribution is -2.08. The van der Waals surface area contributed by atoms with Crippen molar-refractivity contribution >= 4 is 22.6 Å². The molecule has 6 nitrogen and oxygen atoms in total. The van der Waals surface area contributed by atoms with E-state index in [1.54, 1.807) is 12.1 Å². The zero-order chi connectivity index (χ0) is 18.3. The average molecular weight is 367 g/mol. The summed E-state index contributed by atoms with van der Waals surface area (Å²) in [6.45, 7) is 4.18. The molecule has 2 aromatic carbocycles. The Bertz CT molecular complexity index is 1160. The highest BCUT2D eigenvalue weighted by atomic mass is 35.5. The summed E-state index contributed by atoms with van der Waals surface area (Å²) in [7, 11) is 0. The van der Waals surface area contributed by atoms with Crippen LogP contribution >= 0.6 is 11.6 Å². The number of aromatic nitrogens is 4. The number of hydrogen-bond acceptors (Lipinski definition) is 5. The summed E-state index contributed by atoms with van der Waals surface area (Å²) < 4.78 is 5.28. The van der Waals surface area contributed by atoms with Crippen molar-refractivity contribution in [3.05, 3.63) is 74.6 Å². The van der Waals surface area contributed by atoms with E-state index in [-0.39, 0.29) is 0 Å². The van der Waals surface area contributed by atoms with E-state index in [2.05, 4.69) is 15.4 Å². The molecule has 4 aromatic rings. The van der Waals surface area contributed by atoms with E-state index < -0.39 is 5.63 Å². The first-order chi connectivity index (χ1) is 12.5. The highest BCUT2D eigenvalue weighted by Crippen LogP contribution is 2.25. The third kappa shape index (κ3) is 3.11. The summed E-state index contributed by atoms with van der Waals surface area (Å²) in [5.74, 6) is 0.533. The first-order valence-electron chi connectivity index (χ1n) is 8.07. The van der Waals surface area contributed by atoms with E-state index in [1.807, 2.05) is 38.1 Å². The van der Waals surface area contributed by atoms with Crippen LogP contribution < -0.4 is 5.63 Å². The van der Waals surface area contributed by atoms with E-state index >= 15 is 0 Å². The molecule has 4 rings (SSSR count). The Hall–Kier alpha value is -2.99. The van der Waals surface area contributed by atoms with E-state index in [9.17, 15) is 4.79 Å². The maximum absolute atomic E-state index is 11.9. The van der Waals surface area contributed by atoms with Crippen LogP contribution in [0, 0.1) is 13.8 Å². The SMILES string of the molecule is Cc1ccc(-c2nnn(Cc3cc(=O)oc4cc(C)c(Cl)cc34)n2)cc1. The molecule has 0 saturated carbocycles. The van der Waals surface area contributed by atoms with Gasteiger partial charge < -0.3 is 4.42 Å². The molecule has 130 valence electrons. The molecule has 0 aliphatic carbocycles. The molecule has 0 aliphatic rings. The molecule has 0 fully saturated rings. The summed E-state index contributed by atoms with van der Waals surface area (Å²) >= 11 is 6.23. The van der Waals surface area contributed by atoms with Crippen molar-refractivity contribution in [3.63, 3.8) is 0 Å². The zero-order valence-corrected chi connectivity index (χ0v) is 15.0. The van der Waals surface area contributed by atoms with Gasteiger partial charge in [-0.05, 0) is 42.3 Å². The van der Waals surface area contributed by atoms with Crippen LogP contribution in [0.1, 0.15) is 16.7 Å². The second-order valence-electron chi connectivity index (χ2n) is 6.20. The molecule has 0 unspecified atom stereocenters. The second kappa shape index (κ2) is 6.38. The Morgan fingerprint density at radius 3 is 2.65 bits per heavy atom. The molecule has 2 aromatic heterocycles. The van der Waals surface area contributed by atoms with Crippen LogP contribution in [0.4, 0.5) is 0 Å². The van der Waals surface area contributed by atoms with Gasteiger partial charge in [0.1, 0.15) is 5.58 Å². The van der Waals surface area contributed by atoms with E-state index in [0.29, 0.717) is 23.0 Å². The first kappa shape index (κ1) is 16.5. The van der Waals surface area contributed by atoms with Gasteiger partial charge in [0.25, 0.3) is 0 Å². The molecular formula is C19H15ClN4O2. The van der Waals surface area contributed by atoms with Crippen LogP contribution in [0.25, 0.3) is 22.4 Å². The Morgan fingerprint density at radius 2 is 1.88 bits per heavy atom. The van der Waals surface area contributed by atoms with Crippen LogP contribution in [0.3, 0.4) is 0 Å². The lowest BCUT2D eigenvalue weighted by Gasteiger charge is -2.06. The predicted octanol–water partition coefficient (Wildman–Crippen LogP) is 3.77. The Labute approximate surface area is 154 Å². The minimum absolute atomic E-state index is 0.292. The van der Waals surface area contributed by atoms with Crippen LogP contribution in [-0.4, -0.2) is 20.2 Å². The van der Waals surface area contributed by atoms with E-state index in [4.69, 9.17) is 16.0 Å². The van der Waals surface area contributed by atoms with Gasteiger partial charge in [-0.1, -0.05) is 41.4 Å². The minimum atomic E-state index is -0.423. The number of halogens is 1. The van der Waals surface area contributed by atoms with Crippen molar-refractivity contribution in [2.75, 3.05) is 0 Å². The molecule has 2 heterocycles. The number of aryl methyl sites for hydroxylation is 2. The maximum atomic E-state index is 11.9. The molecule has 0 spiro atoms. The third-order valence-electron chi connectivity index (χ3n) is 4.18. The number of fused-ring (bicyclic) bond motifs is 1. The van der Waals surface area contributed by atoms with Gasteiger partial charge >= 0.3 is 5.63 Å². The highest BCUT2D eigenvalue weighted by Gasteiger charge is 2.12. The zero-order valence-electron chi connectivity index (χ0n) is 14.2. The Kier molecular flexibility index (Phi) is 4.05. The quantitative estimate of drug-likeness (QED) is 0.516. The second-order valence-corrected chi connectivity index (χ2v) is 6.60. The Morgan fingerprint density at radius 1 is 1.12 bits per heavy atom. The van der Waals surface area contributed by atoms with Gasteiger partial charge in [-0.15, -0.1) is 10.2 Å². The van der Waals surface area contributed by atoms with Gasteiger partial charge in [0, 0.05) is 22.0 Å². The van der Waals surface area contributed by atoms with Gasteiger partial charge in [-0.3, -0.25) is 0 Å². The smallest absolute Gasteiger partial charge is 0.336 e. The van der Waals surface area contributed by atoms with Crippen LogP contribution in [0.2, 0.25) is 5.02 Å². The van der Waals surface area contributed by atoms with Crippen molar-refractivity contribution in [3.8, 4) is 11.4 Å². The molecule has 0 aliphatic heterocycles. The van der Waals surface area contributed by atoms with Crippen LogP contribution in [0.5, 0.6) is 0 Å². The van der Waals surface area contributed by atoms with Crippen molar-refractivity contribution in [2.24, 2.45) is 0 Å². The van der Waals surface area contributed by atoms with Gasteiger partial charge in [-0.2, -0.15) is 4.80 Å². The monoisotopic (exact) mass is 366 g/mol. The number of tetrazole rings is 1. The number of rotatable bonds is 3. The summed E-state index contributed by atoms with van der Waals surface area (Å²) in [4.78, 5) is 13.3. The maximum Gasteiger partial charge on any atom is 0.336 e. The third-order valence-corrected chi connectivity index (χ3v) is 4.59. The van der Waals surface area contributed by atoms with Crippen molar-refractivity contribution in [1.82, 2.24) is 20.2 Å². The van der Waals surface area contributed by atoms with Crippen molar-refractivity contribution in [1.29, 1.82) is 0 Å². The summed E-state index contributed by atoms with van der Waals surface area (Å²) in [6, 6.07) is 12.9. The molecule has 0 amide bonds. The molecular weight excluding hydrogens is 352 g/mol. The lowest BCUT2D eigenvalue weighted by atomic mass is 10.1. The minimum Gasteiger partial charge on any atom is -0.423 e. The normalized spacial score (nSPS) is 11.2. The number of hydrogen-bond donors (Lipinski definition) is 0. The molecule has 0 saturated heterocycles. The molecule has 0 bridgehead atoms. The van der Waals surface area contributed by atoms with E-state index in [0.717, 1.165) is 27.6 Å². The fourth-order valence-electron chi connectivity index (χ4n) is 2.76. The highest BCUT2D eigenvalue weighted by molar-refractivity contribution is 6.32.